The molecule has 1 amide bonds. The minimum absolute atomic E-state index is 0.00475. The molecule has 0 atom stereocenters. The second kappa shape index (κ2) is 5.52. The van der Waals surface area contributed by atoms with Crippen molar-refractivity contribution in [1.29, 1.82) is 0 Å². The van der Waals surface area contributed by atoms with Gasteiger partial charge in [0.2, 0.25) is 0 Å². The van der Waals surface area contributed by atoms with Crippen molar-refractivity contribution in [2.24, 2.45) is 12.8 Å². The fourth-order valence-corrected chi connectivity index (χ4v) is 1.78. The first kappa shape index (κ1) is 15.0. The van der Waals surface area contributed by atoms with Gasteiger partial charge in [-0.05, 0) is 12.1 Å². The molecule has 2 aromatic rings. The number of benzene rings is 1. The molecular formula is C12H9F3N4OS. The van der Waals surface area contributed by atoms with E-state index in [0.717, 1.165) is 0 Å². The standard InChI is InChI=1S/C12H9F3N4OS/c1-19-11(6(4-17-19)10(16)21)18-12(20)5-2-7(13)9(15)8(14)3-5/h2-4H,1H3,(H2,16,21)(H,18,20). The molecule has 0 bridgehead atoms. The van der Waals surface area contributed by atoms with Crippen molar-refractivity contribution in [3.63, 3.8) is 0 Å². The first-order valence-electron chi connectivity index (χ1n) is 5.59. The number of halogens is 3. The maximum Gasteiger partial charge on any atom is 0.257 e. The number of thiocarbonyl (C=S) groups is 1. The van der Waals surface area contributed by atoms with E-state index in [1.807, 2.05) is 0 Å². The van der Waals surface area contributed by atoms with Crippen molar-refractivity contribution >= 4 is 28.9 Å². The van der Waals surface area contributed by atoms with Gasteiger partial charge < -0.3 is 11.1 Å². The summed E-state index contributed by atoms with van der Waals surface area (Å²) < 4.78 is 40.4. The Morgan fingerprint density at radius 1 is 1.33 bits per heavy atom. The zero-order valence-electron chi connectivity index (χ0n) is 10.7. The summed E-state index contributed by atoms with van der Waals surface area (Å²) >= 11 is 4.79. The van der Waals surface area contributed by atoms with Crippen LogP contribution in [0.3, 0.4) is 0 Å². The average molecular weight is 314 g/mol. The molecule has 3 N–H and O–H groups in total. The maximum absolute atomic E-state index is 13.1. The van der Waals surface area contributed by atoms with Crippen molar-refractivity contribution in [2.75, 3.05) is 5.32 Å². The lowest BCUT2D eigenvalue weighted by Crippen LogP contribution is -2.19. The zero-order chi connectivity index (χ0) is 15.7. The molecule has 110 valence electrons. The lowest BCUT2D eigenvalue weighted by molar-refractivity contribution is 0.102. The Morgan fingerprint density at radius 3 is 2.43 bits per heavy atom. The lowest BCUT2D eigenvalue weighted by Gasteiger charge is -2.08. The van der Waals surface area contributed by atoms with Crippen LogP contribution in [-0.4, -0.2) is 20.7 Å². The number of carbonyl (C=O) groups excluding carboxylic acids is 1. The molecule has 0 spiro atoms. The third kappa shape index (κ3) is 2.87. The Labute approximate surface area is 122 Å². The van der Waals surface area contributed by atoms with E-state index < -0.39 is 23.4 Å². The summed E-state index contributed by atoms with van der Waals surface area (Å²) in [6, 6.07) is 1.18. The van der Waals surface area contributed by atoms with Crippen molar-refractivity contribution in [2.45, 2.75) is 0 Å². The SMILES string of the molecule is Cn1ncc(C(N)=S)c1NC(=O)c1cc(F)c(F)c(F)c1. The van der Waals surface area contributed by atoms with Gasteiger partial charge in [-0.25, -0.2) is 13.2 Å². The van der Waals surface area contributed by atoms with Gasteiger partial charge in [0.05, 0.1) is 11.8 Å². The van der Waals surface area contributed by atoms with Crippen LogP contribution in [0.4, 0.5) is 19.0 Å². The molecule has 21 heavy (non-hydrogen) atoms. The maximum atomic E-state index is 13.1. The van der Waals surface area contributed by atoms with Gasteiger partial charge in [-0.15, -0.1) is 0 Å². The number of nitrogens with two attached hydrogens (primary N) is 1. The van der Waals surface area contributed by atoms with Crippen molar-refractivity contribution < 1.29 is 18.0 Å². The summed E-state index contributed by atoms with van der Waals surface area (Å²) in [4.78, 5) is 12.0. The fourth-order valence-electron chi connectivity index (χ4n) is 1.63. The van der Waals surface area contributed by atoms with Gasteiger partial charge in [0.25, 0.3) is 5.91 Å². The summed E-state index contributed by atoms with van der Waals surface area (Å²) in [5, 5.41) is 6.23. The number of aryl methyl sites for hydroxylation is 1. The molecule has 1 heterocycles. The summed E-state index contributed by atoms with van der Waals surface area (Å²) in [5.41, 5.74) is 5.38. The molecule has 0 saturated carbocycles. The van der Waals surface area contributed by atoms with Gasteiger partial charge in [-0.3, -0.25) is 9.48 Å². The highest BCUT2D eigenvalue weighted by atomic mass is 32.1. The highest BCUT2D eigenvalue weighted by Crippen LogP contribution is 2.18. The predicted molar refractivity (Wildman–Crippen MR) is 73.4 cm³/mol. The monoisotopic (exact) mass is 314 g/mol. The Hall–Kier alpha value is -2.42. The quantitative estimate of drug-likeness (QED) is 0.668. The molecule has 2 rings (SSSR count). The van der Waals surface area contributed by atoms with Crippen molar-refractivity contribution in [3.8, 4) is 0 Å². The smallest absolute Gasteiger partial charge is 0.257 e. The first-order valence-corrected chi connectivity index (χ1v) is 5.99. The van der Waals surface area contributed by atoms with Crippen LogP contribution in [0.15, 0.2) is 18.3 Å². The number of nitrogens with zero attached hydrogens (tertiary/aromatic N) is 2. The molecular weight excluding hydrogens is 305 g/mol. The summed E-state index contributed by atoms with van der Waals surface area (Å²) in [5.74, 6) is -5.25. The minimum Gasteiger partial charge on any atom is -0.389 e. The van der Waals surface area contributed by atoms with Crippen LogP contribution in [0, 0.1) is 17.5 Å². The third-order valence-electron chi connectivity index (χ3n) is 2.68. The number of amides is 1. The van der Waals surface area contributed by atoms with Gasteiger partial charge in [0.1, 0.15) is 10.8 Å². The summed E-state index contributed by atoms with van der Waals surface area (Å²) in [6.45, 7) is 0. The Morgan fingerprint density at radius 2 is 1.90 bits per heavy atom. The van der Waals surface area contributed by atoms with E-state index in [1.165, 1.54) is 17.9 Å². The van der Waals surface area contributed by atoms with Gasteiger partial charge >= 0.3 is 0 Å². The predicted octanol–water partition coefficient (Wildman–Crippen LogP) is 1.72. The molecule has 1 aromatic carbocycles. The van der Waals surface area contributed by atoms with Gasteiger partial charge in [0.15, 0.2) is 17.5 Å². The van der Waals surface area contributed by atoms with Crippen LogP contribution in [-0.2, 0) is 7.05 Å². The molecule has 0 saturated heterocycles. The van der Waals surface area contributed by atoms with Gasteiger partial charge in [0, 0.05) is 12.6 Å². The molecule has 0 fully saturated rings. The van der Waals surface area contributed by atoms with Crippen LogP contribution < -0.4 is 11.1 Å². The van der Waals surface area contributed by atoms with Gasteiger partial charge in [-0.2, -0.15) is 5.10 Å². The molecule has 9 heteroatoms. The van der Waals surface area contributed by atoms with E-state index in [9.17, 15) is 18.0 Å². The number of hydrogen-bond donors (Lipinski definition) is 2. The van der Waals surface area contributed by atoms with Crippen LogP contribution in [0.25, 0.3) is 0 Å². The van der Waals surface area contributed by atoms with E-state index in [1.54, 1.807) is 0 Å². The number of carbonyl (C=O) groups is 1. The Balaban J connectivity index is 2.35. The average Bonchev–Trinajstić information content (AvgIpc) is 2.77. The molecule has 0 unspecified atom stereocenters. The van der Waals surface area contributed by atoms with Crippen molar-refractivity contribution in [1.82, 2.24) is 9.78 Å². The highest BCUT2D eigenvalue weighted by molar-refractivity contribution is 7.80. The second-order valence-electron chi connectivity index (χ2n) is 4.10. The normalized spacial score (nSPS) is 10.5. The first-order chi connectivity index (χ1) is 9.81. The zero-order valence-corrected chi connectivity index (χ0v) is 11.5. The number of hydrogen-bond acceptors (Lipinski definition) is 3. The van der Waals surface area contributed by atoms with Gasteiger partial charge in [-0.1, -0.05) is 12.2 Å². The fraction of sp³-hybridized carbons (Fsp3) is 0.0833. The van der Waals surface area contributed by atoms with Crippen LogP contribution in [0.2, 0.25) is 0 Å². The topological polar surface area (TPSA) is 72.9 Å². The van der Waals surface area contributed by atoms with Crippen LogP contribution in [0.1, 0.15) is 15.9 Å². The second-order valence-corrected chi connectivity index (χ2v) is 4.54. The minimum atomic E-state index is -1.64. The molecule has 0 radical (unpaired) electrons. The summed E-state index contributed by atoms with van der Waals surface area (Å²) in [7, 11) is 1.52. The third-order valence-corrected chi connectivity index (χ3v) is 2.90. The number of nitrogens with one attached hydrogen (secondary N) is 1. The van der Waals surface area contributed by atoms with E-state index in [0.29, 0.717) is 17.7 Å². The van der Waals surface area contributed by atoms with Crippen molar-refractivity contribution in [3.05, 3.63) is 46.9 Å². The number of anilines is 1. The molecule has 5 nitrogen and oxygen atoms in total. The molecule has 0 aliphatic heterocycles. The Kier molecular flexibility index (Phi) is 3.94. The number of aromatic nitrogens is 2. The van der Waals surface area contributed by atoms with Crippen LogP contribution >= 0.6 is 12.2 Å². The molecule has 1 aromatic heterocycles. The van der Waals surface area contributed by atoms with E-state index in [-0.39, 0.29) is 16.4 Å². The molecule has 0 aliphatic carbocycles. The largest absolute Gasteiger partial charge is 0.389 e. The van der Waals surface area contributed by atoms with E-state index >= 15 is 0 Å². The van der Waals surface area contributed by atoms with E-state index in [2.05, 4.69) is 10.4 Å². The van der Waals surface area contributed by atoms with E-state index in [4.69, 9.17) is 18.0 Å². The summed E-state index contributed by atoms with van der Waals surface area (Å²) in [6.07, 6.45) is 1.34. The number of rotatable bonds is 3. The Bertz CT molecular complexity index is 721. The lowest BCUT2D eigenvalue weighted by atomic mass is 10.2. The molecule has 0 aliphatic rings. The van der Waals surface area contributed by atoms with Crippen LogP contribution in [0.5, 0.6) is 0 Å². The highest BCUT2D eigenvalue weighted by Gasteiger charge is 2.18.